The summed E-state index contributed by atoms with van der Waals surface area (Å²) in [6.45, 7) is 6.02. The molecule has 0 aromatic carbocycles. The van der Waals surface area contributed by atoms with Gasteiger partial charge < -0.3 is 0 Å². The lowest BCUT2D eigenvalue weighted by Gasteiger charge is -2.35. The summed E-state index contributed by atoms with van der Waals surface area (Å²) >= 11 is 0. The number of ketones is 1. The fraction of sp³-hybridized carbons (Fsp3) is 0.611. The third kappa shape index (κ3) is 4.38. The van der Waals surface area contributed by atoms with Crippen LogP contribution in [0.1, 0.15) is 52.1 Å². The van der Waals surface area contributed by atoms with Crippen molar-refractivity contribution in [2.24, 2.45) is 23.1 Å². The molecule has 1 saturated carbocycles. The SMILES string of the molecule is CC(C)(C)C(=O)C1CCCC[C@@H]1C(=O)N(N)Cc1ccccn1. The first kappa shape index (κ1) is 17.6. The van der Waals surface area contributed by atoms with Gasteiger partial charge in [0.05, 0.1) is 12.2 Å². The molecule has 5 heteroatoms. The van der Waals surface area contributed by atoms with E-state index in [1.807, 2.05) is 39.0 Å². The van der Waals surface area contributed by atoms with Gasteiger partial charge in [0.2, 0.25) is 5.91 Å². The van der Waals surface area contributed by atoms with Gasteiger partial charge in [0, 0.05) is 23.4 Å². The first-order valence-corrected chi connectivity index (χ1v) is 8.31. The molecule has 1 unspecified atom stereocenters. The number of amides is 1. The molecule has 2 rings (SSSR count). The molecule has 1 amide bonds. The van der Waals surface area contributed by atoms with Gasteiger partial charge in [-0.25, -0.2) is 5.84 Å². The molecule has 1 aliphatic carbocycles. The van der Waals surface area contributed by atoms with Crippen LogP contribution in [-0.2, 0) is 16.1 Å². The molecule has 0 spiro atoms. The van der Waals surface area contributed by atoms with Gasteiger partial charge >= 0.3 is 0 Å². The lowest BCUT2D eigenvalue weighted by molar-refractivity contribution is -0.146. The summed E-state index contributed by atoms with van der Waals surface area (Å²) in [7, 11) is 0. The van der Waals surface area contributed by atoms with E-state index in [0.29, 0.717) is 0 Å². The zero-order valence-electron chi connectivity index (χ0n) is 14.3. The quantitative estimate of drug-likeness (QED) is 0.526. The van der Waals surface area contributed by atoms with Crippen molar-refractivity contribution >= 4 is 11.7 Å². The highest BCUT2D eigenvalue weighted by Crippen LogP contribution is 2.36. The molecule has 0 radical (unpaired) electrons. The topological polar surface area (TPSA) is 76.3 Å². The van der Waals surface area contributed by atoms with E-state index in [2.05, 4.69) is 4.98 Å². The van der Waals surface area contributed by atoms with Crippen LogP contribution in [-0.4, -0.2) is 21.7 Å². The standard InChI is InChI=1S/C18H27N3O2/c1-18(2,3)16(22)14-9-4-5-10-15(14)17(23)21(19)12-13-8-6-7-11-20-13/h6-8,11,14-15H,4-5,9-10,12,19H2,1-3H3/t14?,15-/m0/s1. The van der Waals surface area contributed by atoms with Crippen molar-refractivity contribution < 1.29 is 9.59 Å². The zero-order valence-corrected chi connectivity index (χ0v) is 14.3. The summed E-state index contributed by atoms with van der Waals surface area (Å²) in [6, 6.07) is 5.53. The van der Waals surface area contributed by atoms with E-state index in [1.54, 1.807) is 6.20 Å². The van der Waals surface area contributed by atoms with Gasteiger partial charge in [0.15, 0.2) is 0 Å². The molecular weight excluding hydrogens is 290 g/mol. The number of aromatic nitrogens is 1. The van der Waals surface area contributed by atoms with Crippen LogP contribution in [0, 0.1) is 17.3 Å². The molecule has 0 saturated heterocycles. The normalized spacial score (nSPS) is 21.7. The second-order valence-corrected chi connectivity index (χ2v) is 7.40. The predicted octanol–water partition coefficient (Wildman–Crippen LogP) is 2.71. The van der Waals surface area contributed by atoms with Crippen LogP contribution < -0.4 is 5.84 Å². The maximum Gasteiger partial charge on any atom is 0.240 e. The number of carbonyl (C=O) groups excluding carboxylic acids is 2. The monoisotopic (exact) mass is 317 g/mol. The molecule has 1 aromatic heterocycles. The van der Waals surface area contributed by atoms with Crippen molar-refractivity contribution in [3.63, 3.8) is 0 Å². The van der Waals surface area contributed by atoms with Gasteiger partial charge in [-0.3, -0.25) is 19.6 Å². The summed E-state index contributed by atoms with van der Waals surface area (Å²) in [6.07, 6.45) is 5.17. The van der Waals surface area contributed by atoms with Gasteiger partial charge in [-0.1, -0.05) is 39.7 Å². The Kier molecular flexibility index (Phi) is 5.52. The maximum atomic E-state index is 12.8. The Morgan fingerprint density at radius 1 is 1.22 bits per heavy atom. The lowest BCUT2D eigenvalue weighted by atomic mass is 9.70. The summed E-state index contributed by atoms with van der Waals surface area (Å²) in [5.74, 6) is 5.49. The average molecular weight is 317 g/mol. The average Bonchev–Trinajstić information content (AvgIpc) is 2.53. The van der Waals surface area contributed by atoms with Crippen molar-refractivity contribution in [3.8, 4) is 0 Å². The van der Waals surface area contributed by atoms with E-state index < -0.39 is 5.41 Å². The number of Topliss-reactive ketones (excluding diaryl/α,β-unsaturated/α-hetero) is 1. The van der Waals surface area contributed by atoms with Crippen LogP contribution in [0.3, 0.4) is 0 Å². The molecule has 126 valence electrons. The summed E-state index contributed by atoms with van der Waals surface area (Å²) < 4.78 is 0. The molecule has 5 nitrogen and oxygen atoms in total. The Bertz CT molecular complexity index is 551. The third-order valence-electron chi connectivity index (χ3n) is 4.50. The van der Waals surface area contributed by atoms with E-state index >= 15 is 0 Å². The molecule has 1 fully saturated rings. The zero-order chi connectivity index (χ0) is 17.0. The van der Waals surface area contributed by atoms with E-state index in [4.69, 9.17) is 5.84 Å². The number of carbonyl (C=O) groups is 2. The molecule has 1 aliphatic rings. The maximum absolute atomic E-state index is 12.8. The molecule has 2 atom stereocenters. The highest BCUT2D eigenvalue weighted by atomic mass is 16.2. The fourth-order valence-electron chi connectivity index (χ4n) is 3.25. The fourth-order valence-corrected chi connectivity index (χ4v) is 3.25. The van der Waals surface area contributed by atoms with Gasteiger partial charge in [-0.15, -0.1) is 0 Å². The largest absolute Gasteiger partial charge is 0.299 e. The predicted molar refractivity (Wildman–Crippen MR) is 88.9 cm³/mol. The van der Waals surface area contributed by atoms with Crippen molar-refractivity contribution in [2.45, 2.75) is 53.0 Å². The molecule has 0 bridgehead atoms. The van der Waals surface area contributed by atoms with Crippen molar-refractivity contribution in [2.75, 3.05) is 0 Å². The highest BCUT2D eigenvalue weighted by Gasteiger charge is 2.40. The van der Waals surface area contributed by atoms with E-state index in [-0.39, 0.29) is 30.1 Å². The number of pyridine rings is 1. The van der Waals surface area contributed by atoms with Crippen LogP contribution >= 0.6 is 0 Å². The van der Waals surface area contributed by atoms with Gasteiger partial charge in [-0.05, 0) is 25.0 Å². The highest BCUT2D eigenvalue weighted by molar-refractivity contribution is 5.91. The molecule has 23 heavy (non-hydrogen) atoms. The number of hydrazine groups is 1. The van der Waals surface area contributed by atoms with Crippen molar-refractivity contribution in [1.82, 2.24) is 9.99 Å². The number of hydrogen-bond acceptors (Lipinski definition) is 4. The molecular formula is C18H27N3O2. The first-order valence-electron chi connectivity index (χ1n) is 8.31. The van der Waals surface area contributed by atoms with Crippen LogP contribution in [0.25, 0.3) is 0 Å². The van der Waals surface area contributed by atoms with E-state index in [0.717, 1.165) is 31.4 Å². The van der Waals surface area contributed by atoms with Gasteiger partial charge in [0.1, 0.15) is 5.78 Å². The molecule has 2 N–H and O–H groups in total. The Labute approximate surface area is 138 Å². The molecule has 0 aliphatic heterocycles. The van der Waals surface area contributed by atoms with E-state index in [9.17, 15) is 9.59 Å². The van der Waals surface area contributed by atoms with Gasteiger partial charge in [-0.2, -0.15) is 0 Å². The summed E-state index contributed by atoms with van der Waals surface area (Å²) in [5.41, 5.74) is 0.318. The Morgan fingerprint density at radius 2 is 1.87 bits per heavy atom. The number of nitrogens with two attached hydrogens (primary N) is 1. The number of nitrogens with zero attached hydrogens (tertiary/aromatic N) is 2. The van der Waals surface area contributed by atoms with E-state index in [1.165, 1.54) is 5.01 Å². The van der Waals surface area contributed by atoms with Gasteiger partial charge in [0.25, 0.3) is 0 Å². The second-order valence-electron chi connectivity index (χ2n) is 7.40. The minimum Gasteiger partial charge on any atom is -0.299 e. The summed E-state index contributed by atoms with van der Waals surface area (Å²) in [4.78, 5) is 29.7. The minimum atomic E-state index is -0.430. The number of hydrogen-bond donors (Lipinski definition) is 1. The van der Waals surface area contributed by atoms with Crippen LogP contribution in [0.15, 0.2) is 24.4 Å². The van der Waals surface area contributed by atoms with Crippen molar-refractivity contribution in [1.29, 1.82) is 0 Å². The first-order chi connectivity index (χ1) is 10.8. The molecule has 1 heterocycles. The second kappa shape index (κ2) is 7.21. The van der Waals surface area contributed by atoms with Crippen molar-refractivity contribution in [3.05, 3.63) is 30.1 Å². The van der Waals surface area contributed by atoms with Crippen LogP contribution in [0.4, 0.5) is 0 Å². The Hall–Kier alpha value is -1.75. The number of rotatable bonds is 4. The smallest absolute Gasteiger partial charge is 0.240 e. The third-order valence-corrected chi connectivity index (χ3v) is 4.50. The van der Waals surface area contributed by atoms with Crippen LogP contribution in [0.2, 0.25) is 0 Å². The summed E-state index contributed by atoms with van der Waals surface area (Å²) in [5, 5.41) is 1.22. The molecule has 1 aromatic rings. The Morgan fingerprint density at radius 3 is 2.43 bits per heavy atom. The Balaban J connectivity index is 2.10. The van der Waals surface area contributed by atoms with Crippen LogP contribution in [0.5, 0.6) is 0 Å². The minimum absolute atomic E-state index is 0.141. The lowest BCUT2D eigenvalue weighted by Crippen LogP contribution is -2.47.